The minimum absolute atomic E-state index is 0.0683. The molecule has 2 N–H and O–H groups in total. The summed E-state index contributed by atoms with van der Waals surface area (Å²) in [5.74, 6) is 0. The molecular weight excluding hydrogens is 292 g/mol. The van der Waals surface area contributed by atoms with Gasteiger partial charge in [-0.3, -0.25) is 4.98 Å². The van der Waals surface area contributed by atoms with Crippen LogP contribution in [0.15, 0.2) is 24.5 Å². The van der Waals surface area contributed by atoms with Crippen LogP contribution in [0.25, 0.3) is 0 Å². The Labute approximate surface area is 138 Å². The molecule has 2 rings (SSSR count). The number of hydrogen-bond donors (Lipinski definition) is 2. The fraction of sp³-hybridized carbons (Fsp3) is 0.647. The number of likely N-dealkylation sites (N-methyl/N-ethyl adjacent to an activating group) is 1. The second-order valence-corrected chi connectivity index (χ2v) is 6.18. The van der Waals surface area contributed by atoms with E-state index in [4.69, 9.17) is 5.11 Å². The van der Waals surface area contributed by atoms with E-state index < -0.39 is 0 Å². The Morgan fingerprint density at radius 1 is 1.52 bits per heavy atom. The molecule has 0 unspecified atom stereocenters. The molecule has 1 aliphatic heterocycles. The highest BCUT2D eigenvalue weighted by atomic mass is 16.3. The lowest BCUT2D eigenvalue weighted by molar-refractivity contribution is 0.164. The quantitative estimate of drug-likeness (QED) is 0.798. The summed E-state index contributed by atoms with van der Waals surface area (Å²) in [7, 11) is 2.12. The van der Waals surface area contributed by atoms with Gasteiger partial charge in [0.1, 0.15) is 0 Å². The number of urea groups is 1. The van der Waals surface area contributed by atoms with E-state index in [2.05, 4.69) is 22.2 Å². The fourth-order valence-electron chi connectivity index (χ4n) is 2.94. The van der Waals surface area contributed by atoms with E-state index in [1.165, 1.54) is 12.8 Å². The van der Waals surface area contributed by atoms with Crippen LogP contribution in [-0.4, -0.2) is 65.3 Å². The van der Waals surface area contributed by atoms with Crippen LogP contribution in [0.2, 0.25) is 0 Å². The van der Waals surface area contributed by atoms with Crippen LogP contribution < -0.4 is 5.32 Å². The number of aliphatic hydroxyl groups excluding tert-OH is 1. The van der Waals surface area contributed by atoms with Crippen LogP contribution in [0.5, 0.6) is 0 Å². The van der Waals surface area contributed by atoms with Crippen molar-refractivity contribution in [2.24, 2.45) is 0 Å². The molecule has 6 heteroatoms. The number of pyridine rings is 1. The van der Waals surface area contributed by atoms with E-state index in [1.807, 2.05) is 12.1 Å². The summed E-state index contributed by atoms with van der Waals surface area (Å²) < 4.78 is 0. The minimum Gasteiger partial charge on any atom is -0.396 e. The Hall–Kier alpha value is -1.66. The summed E-state index contributed by atoms with van der Waals surface area (Å²) in [5.41, 5.74) is 0.996. The van der Waals surface area contributed by atoms with Crippen LogP contribution in [0, 0.1) is 0 Å². The van der Waals surface area contributed by atoms with Gasteiger partial charge in [-0.05, 0) is 44.5 Å². The van der Waals surface area contributed by atoms with Gasteiger partial charge in [-0.15, -0.1) is 0 Å². The van der Waals surface area contributed by atoms with Gasteiger partial charge in [0.2, 0.25) is 0 Å². The minimum atomic E-state index is -0.0683. The van der Waals surface area contributed by atoms with Crippen molar-refractivity contribution in [3.8, 4) is 0 Å². The highest BCUT2D eigenvalue weighted by molar-refractivity contribution is 5.74. The number of carbonyl (C=O) groups excluding carboxylic acids is 1. The van der Waals surface area contributed by atoms with Crippen molar-refractivity contribution in [2.75, 3.05) is 33.3 Å². The number of aromatic nitrogens is 1. The molecule has 0 radical (unpaired) electrons. The largest absolute Gasteiger partial charge is 0.396 e. The van der Waals surface area contributed by atoms with Crippen LogP contribution in [0.1, 0.15) is 31.2 Å². The third kappa shape index (κ3) is 5.80. The van der Waals surface area contributed by atoms with E-state index in [0.29, 0.717) is 32.1 Å². The maximum atomic E-state index is 12.5. The Kier molecular flexibility index (Phi) is 7.29. The third-order valence-corrected chi connectivity index (χ3v) is 4.38. The zero-order chi connectivity index (χ0) is 16.5. The molecule has 6 nitrogen and oxygen atoms in total. The SMILES string of the molecule is CN1CCCC[C@H]1CNC(=O)N(CCCO)Cc1cccnc1. The first kappa shape index (κ1) is 17.7. The molecular formula is C17H28N4O2. The highest BCUT2D eigenvalue weighted by Gasteiger charge is 2.21. The summed E-state index contributed by atoms with van der Waals surface area (Å²) in [6.45, 7) is 2.92. The van der Waals surface area contributed by atoms with Gasteiger partial charge in [0, 0.05) is 44.7 Å². The van der Waals surface area contributed by atoms with Gasteiger partial charge < -0.3 is 20.2 Å². The molecule has 1 atom stereocenters. The predicted octanol–water partition coefficient (Wildman–Crippen LogP) is 1.46. The molecule has 1 aromatic heterocycles. The van der Waals surface area contributed by atoms with Gasteiger partial charge in [-0.1, -0.05) is 12.5 Å². The molecule has 0 bridgehead atoms. The van der Waals surface area contributed by atoms with Crippen LogP contribution in [0.3, 0.4) is 0 Å². The monoisotopic (exact) mass is 320 g/mol. The number of hydrogen-bond acceptors (Lipinski definition) is 4. The van der Waals surface area contributed by atoms with Crippen molar-refractivity contribution in [1.82, 2.24) is 20.1 Å². The molecule has 2 heterocycles. The Bertz CT molecular complexity index is 469. The third-order valence-electron chi connectivity index (χ3n) is 4.38. The lowest BCUT2D eigenvalue weighted by Crippen LogP contribution is -2.48. The standard InChI is InChI=1S/C17H28N4O2/c1-20-9-3-2-7-16(20)13-19-17(23)21(10-5-11-22)14-15-6-4-8-18-12-15/h4,6,8,12,16,22H,2-3,5,7,9-11,13-14H2,1H3,(H,19,23)/t16-/m0/s1. The average Bonchev–Trinajstić information content (AvgIpc) is 2.58. The van der Waals surface area contributed by atoms with E-state index in [0.717, 1.165) is 18.5 Å². The van der Waals surface area contributed by atoms with Crippen molar-refractivity contribution in [2.45, 2.75) is 38.3 Å². The maximum absolute atomic E-state index is 12.5. The summed E-state index contributed by atoms with van der Waals surface area (Å²) in [6, 6.07) is 4.18. The summed E-state index contributed by atoms with van der Waals surface area (Å²) >= 11 is 0. The first-order valence-electron chi connectivity index (χ1n) is 8.43. The second kappa shape index (κ2) is 9.47. The lowest BCUT2D eigenvalue weighted by Gasteiger charge is -2.33. The molecule has 1 saturated heterocycles. The number of amides is 2. The Morgan fingerprint density at radius 3 is 3.09 bits per heavy atom. The van der Waals surface area contributed by atoms with E-state index in [1.54, 1.807) is 17.3 Å². The summed E-state index contributed by atoms with van der Waals surface area (Å²) in [6.07, 6.45) is 7.68. The van der Waals surface area contributed by atoms with Crippen LogP contribution >= 0.6 is 0 Å². The average molecular weight is 320 g/mol. The number of piperidine rings is 1. The molecule has 0 spiro atoms. The van der Waals surface area contributed by atoms with E-state index in [9.17, 15) is 4.79 Å². The van der Waals surface area contributed by atoms with Gasteiger partial charge in [0.25, 0.3) is 0 Å². The number of aliphatic hydroxyl groups is 1. The molecule has 128 valence electrons. The molecule has 23 heavy (non-hydrogen) atoms. The van der Waals surface area contributed by atoms with Crippen molar-refractivity contribution in [3.63, 3.8) is 0 Å². The van der Waals surface area contributed by atoms with Gasteiger partial charge in [-0.2, -0.15) is 0 Å². The lowest BCUT2D eigenvalue weighted by atomic mass is 10.0. The van der Waals surface area contributed by atoms with Gasteiger partial charge >= 0.3 is 6.03 Å². The first-order chi connectivity index (χ1) is 11.2. The number of carbonyl (C=O) groups is 1. The molecule has 1 fully saturated rings. The molecule has 2 amide bonds. The normalized spacial score (nSPS) is 18.6. The van der Waals surface area contributed by atoms with Gasteiger partial charge in [-0.25, -0.2) is 4.79 Å². The smallest absolute Gasteiger partial charge is 0.317 e. The predicted molar refractivity (Wildman–Crippen MR) is 90.0 cm³/mol. The first-order valence-corrected chi connectivity index (χ1v) is 8.43. The number of nitrogens with zero attached hydrogens (tertiary/aromatic N) is 3. The second-order valence-electron chi connectivity index (χ2n) is 6.18. The molecule has 1 aliphatic rings. The molecule has 0 aromatic carbocycles. The summed E-state index contributed by atoms with van der Waals surface area (Å²) in [5, 5.41) is 12.1. The Morgan fingerprint density at radius 2 is 2.39 bits per heavy atom. The van der Waals surface area contributed by atoms with Crippen molar-refractivity contribution >= 4 is 6.03 Å². The number of likely N-dealkylation sites (tertiary alicyclic amines) is 1. The van der Waals surface area contributed by atoms with Crippen molar-refractivity contribution in [3.05, 3.63) is 30.1 Å². The molecule has 0 saturated carbocycles. The zero-order valence-electron chi connectivity index (χ0n) is 13.9. The fourth-order valence-corrected chi connectivity index (χ4v) is 2.94. The molecule has 0 aliphatic carbocycles. The van der Waals surface area contributed by atoms with Gasteiger partial charge in [0.05, 0.1) is 0 Å². The van der Waals surface area contributed by atoms with E-state index >= 15 is 0 Å². The Balaban J connectivity index is 1.87. The van der Waals surface area contributed by atoms with Crippen molar-refractivity contribution in [1.29, 1.82) is 0 Å². The van der Waals surface area contributed by atoms with Crippen LogP contribution in [-0.2, 0) is 6.54 Å². The number of nitrogens with one attached hydrogen (secondary N) is 1. The molecule has 1 aromatic rings. The van der Waals surface area contributed by atoms with E-state index in [-0.39, 0.29) is 12.6 Å². The topological polar surface area (TPSA) is 68.7 Å². The van der Waals surface area contributed by atoms with Gasteiger partial charge in [0.15, 0.2) is 0 Å². The zero-order valence-corrected chi connectivity index (χ0v) is 13.9. The summed E-state index contributed by atoms with van der Waals surface area (Å²) in [4.78, 5) is 20.7. The van der Waals surface area contributed by atoms with Crippen molar-refractivity contribution < 1.29 is 9.90 Å². The maximum Gasteiger partial charge on any atom is 0.317 e. The number of rotatable bonds is 7. The highest BCUT2D eigenvalue weighted by Crippen LogP contribution is 2.14. The van der Waals surface area contributed by atoms with Crippen LogP contribution in [0.4, 0.5) is 4.79 Å².